The summed E-state index contributed by atoms with van der Waals surface area (Å²) in [5, 5.41) is 16.2. The van der Waals surface area contributed by atoms with Gasteiger partial charge in [0, 0.05) is 28.7 Å². The molecule has 0 unspecified atom stereocenters. The Morgan fingerprint density at radius 1 is 1.11 bits per heavy atom. The highest BCUT2D eigenvalue weighted by Crippen LogP contribution is 2.23. The first-order valence-electron chi connectivity index (χ1n) is 8.81. The molecule has 0 aliphatic carbocycles. The second-order valence-corrected chi connectivity index (χ2v) is 6.94. The Morgan fingerprint density at radius 3 is 2.67 bits per heavy atom. The van der Waals surface area contributed by atoms with Crippen LogP contribution in [0.2, 0.25) is 10.0 Å². The van der Waals surface area contributed by atoms with Gasteiger partial charge in [0.25, 0.3) is 0 Å². The zero-order valence-corrected chi connectivity index (χ0v) is 16.5. The van der Waals surface area contributed by atoms with Crippen LogP contribution in [0.3, 0.4) is 0 Å². The molecule has 142 valence electrons. The lowest BCUT2D eigenvalue weighted by Gasteiger charge is -2.10. The first-order valence-corrected chi connectivity index (χ1v) is 9.57. The molecule has 1 heterocycles. The third-order valence-electron chi connectivity index (χ3n) is 4.04. The van der Waals surface area contributed by atoms with Crippen molar-refractivity contribution in [1.82, 2.24) is 20.2 Å². The standard InChI is InChI=1S/C19H21Cl2N5O/c1-2-3-10-26-19(23-24-25-26)22-12-14-4-8-17(9-5-14)27-13-15-6-7-16(20)11-18(15)21/h4-9,11H,2-3,10,12-13H2,1H3,(H,22,23,25). The second-order valence-electron chi connectivity index (χ2n) is 6.10. The Kier molecular flexibility index (Phi) is 6.90. The van der Waals surface area contributed by atoms with E-state index in [1.165, 1.54) is 0 Å². The van der Waals surface area contributed by atoms with Gasteiger partial charge in [-0.15, -0.1) is 0 Å². The van der Waals surface area contributed by atoms with Gasteiger partial charge in [0.2, 0.25) is 5.95 Å². The lowest BCUT2D eigenvalue weighted by atomic mass is 10.2. The second kappa shape index (κ2) is 9.58. The summed E-state index contributed by atoms with van der Waals surface area (Å²) in [4.78, 5) is 0. The van der Waals surface area contributed by atoms with E-state index in [9.17, 15) is 0 Å². The van der Waals surface area contributed by atoms with Gasteiger partial charge in [0.05, 0.1) is 0 Å². The molecule has 0 radical (unpaired) electrons. The maximum absolute atomic E-state index is 6.16. The van der Waals surface area contributed by atoms with Crippen LogP contribution in [0.4, 0.5) is 5.95 Å². The normalized spacial score (nSPS) is 10.8. The van der Waals surface area contributed by atoms with Crippen LogP contribution in [0.1, 0.15) is 30.9 Å². The predicted molar refractivity (Wildman–Crippen MR) is 107 cm³/mol. The summed E-state index contributed by atoms with van der Waals surface area (Å²) in [5.41, 5.74) is 2.00. The molecule has 0 atom stereocenters. The van der Waals surface area contributed by atoms with Crippen molar-refractivity contribution in [2.75, 3.05) is 5.32 Å². The fraction of sp³-hybridized carbons (Fsp3) is 0.316. The minimum Gasteiger partial charge on any atom is -0.489 e. The third-order valence-corrected chi connectivity index (χ3v) is 4.63. The number of aromatic nitrogens is 4. The van der Waals surface area contributed by atoms with E-state index in [0.717, 1.165) is 36.3 Å². The number of nitrogens with one attached hydrogen (secondary N) is 1. The molecule has 3 aromatic rings. The summed E-state index contributed by atoms with van der Waals surface area (Å²) in [6.45, 7) is 3.98. The number of tetrazole rings is 1. The molecule has 6 nitrogen and oxygen atoms in total. The van der Waals surface area contributed by atoms with Crippen molar-refractivity contribution < 1.29 is 4.74 Å². The summed E-state index contributed by atoms with van der Waals surface area (Å²) in [5.74, 6) is 1.46. The average Bonchev–Trinajstić information content (AvgIpc) is 3.12. The number of benzene rings is 2. The van der Waals surface area contributed by atoms with Crippen molar-refractivity contribution in [1.29, 1.82) is 0 Å². The van der Waals surface area contributed by atoms with E-state index >= 15 is 0 Å². The number of nitrogens with zero attached hydrogens (tertiary/aromatic N) is 4. The van der Waals surface area contributed by atoms with Crippen molar-refractivity contribution in [3.05, 3.63) is 63.6 Å². The van der Waals surface area contributed by atoms with Gasteiger partial charge in [-0.2, -0.15) is 0 Å². The number of halogens is 2. The van der Waals surface area contributed by atoms with Gasteiger partial charge in [-0.25, -0.2) is 4.68 Å². The summed E-state index contributed by atoms with van der Waals surface area (Å²) in [7, 11) is 0. The van der Waals surface area contributed by atoms with Gasteiger partial charge in [-0.05, 0) is 46.7 Å². The van der Waals surface area contributed by atoms with Crippen LogP contribution in [0.25, 0.3) is 0 Å². The Hall–Kier alpha value is -2.31. The highest BCUT2D eigenvalue weighted by molar-refractivity contribution is 6.35. The Morgan fingerprint density at radius 2 is 1.93 bits per heavy atom. The number of rotatable bonds is 9. The van der Waals surface area contributed by atoms with Gasteiger partial charge in [0.1, 0.15) is 12.4 Å². The number of hydrogen-bond acceptors (Lipinski definition) is 5. The number of hydrogen-bond donors (Lipinski definition) is 1. The van der Waals surface area contributed by atoms with E-state index in [1.54, 1.807) is 16.8 Å². The fourth-order valence-corrected chi connectivity index (χ4v) is 2.94. The Balaban J connectivity index is 1.52. The van der Waals surface area contributed by atoms with E-state index in [2.05, 4.69) is 27.8 Å². The summed E-state index contributed by atoms with van der Waals surface area (Å²) < 4.78 is 7.59. The fourth-order valence-electron chi connectivity index (χ4n) is 2.47. The van der Waals surface area contributed by atoms with Crippen LogP contribution < -0.4 is 10.1 Å². The smallest absolute Gasteiger partial charge is 0.243 e. The predicted octanol–water partition coefficient (Wildman–Crippen LogP) is 4.97. The maximum Gasteiger partial charge on any atom is 0.243 e. The van der Waals surface area contributed by atoms with Crippen molar-refractivity contribution in [2.45, 2.75) is 39.5 Å². The minimum absolute atomic E-state index is 0.389. The molecule has 1 N–H and O–H groups in total. The molecule has 0 spiro atoms. The molecule has 8 heteroatoms. The van der Waals surface area contributed by atoms with Crippen molar-refractivity contribution in [3.63, 3.8) is 0 Å². The summed E-state index contributed by atoms with van der Waals surface area (Å²) in [6.07, 6.45) is 2.14. The molecule has 0 bridgehead atoms. The highest BCUT2D eigenvalue weighted by Gasteiger charge is 2.06. The molecule has 3 rings (SSSR count). The van der Waals surface area contributed by atoms with Crippen molar-refractivity contribution in [2.24, 2.45) is 0 Å². The molecule has 0 aliphatic rings. The minimum atomic E-state index is 0.389. The lowest BCUT2D eigenvalue weighted by Crippen LogP contribution is -2.09. The van der Waals surface area contributed by atoms with Crippen molar-refractivity contribution in [3.8, 4) is 5.75 Å². The zero-order valence-electron chi connectivity index (χ0n) is 15.0. The van der Waals surface area contributed by atoms with E-state index in [4.69, 9.17) is 27.9 Å². The van der Waals surface area contributed by atoms with Gasteiger partial charge >= 0.3 is 0 Å². The van der Waals surface area contributed by atoms with E-state index in [-0.39, 0.29) is 0 Å². The number of unbranched alkanes of at least 4 members (excludes halogenated alkanes) is 1. The van der Waals surface area contributed by atoms with E-state index < -0.39 is 0 Å². The number of aryl methyl sites for hydroxylation is 1. The van der Waals surface area contributed by atoms with Gasteiger partial charge < -0.3 is 10.1 Å². The maximum atomic E-state index is 6.16. The van der Waals surface area contributed by atoms with Gasteiger partial charge in [-0.1, -0.05) is 59.8 Å². The van der Waals surface area contributed by atoms with Crippen LogP contribution >= 0.6 is 23.2 Å². The van der Waals surface area contributed by atoms with Gasteiger partial charge in [0.15, 0.2) is 0 Å². The topological polar surface area (TPSA) is 64.9 Å². The van der Waals surface area contributed by atoms with Crippen LogP contribution in [0, 0.1) is 0 Å². The molecule has 27 heavy (non-hydrogen) atoms. The molecule has 0 aliphatic heterocycles. The number of anilines is 1. The first kappa shape index (κ1) is 19.5. The van der Waals surface area contributed by atoms with E-state index in [0.29, 0.717) is 29.1 Å². The van der Waals surface area contributed by atoms with Crippen LogP contribution in [0.5, 0.6) is 5.75 Å². The summed E-state index contributed by atoms with van der Waals surface area (Å²) in [6, 6.07) is 13.3. The molecular weight excluding hydrogens is 385 g/mol. The highest BCUT2D eigenvalue weighted by atomic mass is 35.5. The zero-order chi connectivity index (χ0) is 19.1. The van der Waals surface area contributed by atoms with Crippen LogP contribution in [-0.2, 0) is 19.7 Å². The summed E-state index contributed by atoms with van der Waals surface area (Å²) >= 11 is 12.1. The first-order chi connectivity index (χ1) is 13.2. The molecule has 0 saturated carbocycles. The number of ether oxygens (including phenoxy) is 1. The molecular formula is C19H21Cl2N5O. The Labute approximate surface area is 168 Å². The Bertz CT molecular complexity index is 867. The largest absolute Gasteiger partial charge is 0.489 e. The quantitative estimate of drug-likeness (QED) is 0.544. The molecule has 0 fully saturated rings. The van der Waals surface area contributed by atoms with E-state index in [1.807, 2.05) is 30.3 Å². The average molecular weight is 406 g/mol. The molecule has 0 amide bonds. The SMILES string of the molecule is CCCCn1nnnc1NCc1ccc(OCc2ccc(Cl)cc2Cl)cc1. The molecule has 0 saturated heterocycles. The monoisotopic (exact) mass is 405 g/mol. The molecule has 2 aromatic carbocycles. The van der Waals surface area contributed by atoms with Crippen LogP contribution in [-0.4, -0.2) is 20.2 Å². The van der Waals surface area contributed by atoms with Crippen LogP contribution in [0.15, 0.2) is 42.5 Å². The van der Waals surface area contributed by atoms with Crippen molar-refractivity contribution >= 4 is 29.2 Å². The lowest BCUT2D eigenvalue weighted by molar-refractivity contribution is 0.306. The third kappa shape index (κ3) is 5.58. The molecule has 1 aromatic heterocycles. The van der Waals surface area contributed by atoms with Gasteiger partial charge in [-0.3, -0.25) is 0 Å².